The average Bonchev–Trinajstić information content (AvgIpc) is 3.25. The summed E-state index contributed by atoms with van der Waals surface area (Å²) in [7, 11) is 1.48. The summed E-state index contributed by atoms with van der Waals surface area (Å²) in [6, 6.07) is 14.0. The van der Waals surface area contributed by atoms with Gasteiger partial charge in [-0.3, -0.25) is 14.4 Å². The summed E-state index contributed by atoms with van der Waals surface area (Å²) in [5.41, 5.74) is 0.553. The standard InChI is InChI=1S/C23H24Cl2N2O4/c1-27(14-20(28)26-19-7-3-2-6-18(19)25)21(29)15-31-22(30)23(12-4-5-13-23)16-8-10-17(24)11-9-16/h2-3,6-11H,4-5,12-15H2,1H3,(H,26,28). The molecule has 3 rings (SSSR count). The molecular weight excluding hydrogens is 439 g/mol. The summed E-state index contributed by atoms with van der Waals surface area (Å²) >= 11 is 12.0. The van der Waals surface area contributed by atoms with Crippen molar-refractivity contribution in [2.24, 2.45) is 0 Å². The number of halogens is 2. The lowest BCUT2D eigenvalue weighted by Gasteiger charge is -2.27. The van der Waals surface area contributed by atoms with Crippen LogP contribution in [-0.4, -0.2) is 42.9 Å². The molecule has 0 saturated heterocycles. The lowest BCUT2D eigenvalue weighted by Crippen LogP contribution is -2.40. The van der Waals surface area contributed by atoms with E-state index in [1.165, 1.54) is 11.9 Å². The van der Waals surface area contributed by atoms with Gasteiger partial charge in [0.1, 0.15) is 0 Å². The molecule has 6 nitrogen and oxygen atoms in total. The molecule has 1 fully saturated rings. The first kappa shape index (κ1) is 23.1. The second-order valence-electron chi connectivity index (χ2n) is 7.65. The van der Waals surface area contributed by atoms with Gasteiger partial charge in [0, 0.05) is 12.1 Å². The number of amides is 2. The Morgan fingerprint density at radius 1 is 1.03 bits per heavy atom. The summed E-state index contributed by atoms with van der Waals surface area (Å²) < 4.78 is 5.40. The minimum atomic E-state index is -0.759. The second kappa shape index (κ2) is 10.2. The Bertz CT molecular complexity index is 956. The van der Waals surface area contributed by atoms with Crippen molar-refractivity contribution in [1.82, 2.24) is 4.90 Å². The average molecular weight is 463 g/mol. The summed E-state index contributed by atoms with van der Waals surface area (Å²) in [5.74, 6) is -1.29. The zero-order valence-corrected chi connectivity index (χ0v) is 18.7. The van der Waals surface area contributed by atoms with Crippen molar-refractivity contribution >= 4 is 46.7 Å². The van der Waals surface area contributed by atoms with Crippen molar-refractivity contribution in [3.8, 4) is 0 Å². The quantitative estimate of drug-likeness (QED) is 0.616. The fourth-order valence-electron chi connectivity index (χ4n) is 3.79. The predicted octanol–water partition coefficient (Wildman–Crippen LogP) is 4.45. The van der Waals surface area contributed by atoms with Crippen molar-refractivity contribution in [3.05, 3.63) is 64.1 Å². The van der Waals surface area contributed by atoms with E-state index in [1.54, 1.807) is 36.4 Å². The van der Waals surface area contributed by atoms with Gasteiger partial charge in [-0.1, -0.05) is 60.3 Å². The third-order valence-electron chi connectivity index (χ3n) is 5.53. The molecule has 164 valence electrons. The van der Waals surface area contributed by atoms with Gasteiger partial charge in [0.05, 0.1) is 22.7 Å². The molecule has 2 aromatic rings. The molecule has 2 amide bonds. The molecule has 1 aliphatic carbocycles. The van der Waals surface area contributed by atoms with E-state index in [0.29, 0.717) is 28.6 Å². The minimum absolute atomic E-state index is 0.191. The number of para-hydroxylation sites is 1. The number of carbonyl (C=O) groups is 3. The summed E-state index contributed by atoms with van der Waals surface area (Å²) in [6.45, 7) is -0.617. The summed E-state index contributed by atoms with van der Waals surface area (Å²) in [6.07, 6.45) is 3.15. The third kappa shape index (κ3) is 5.57. The predicted molar refractivity (Wildman–Crippen MR) is 120 cm³/mol. The highest BCUT2D eigenvalue weighted by molar-refractivity contribution is 6.33. The van der Waals surface area contributed by atoms with E-state index in [9.17, 15) is 14.4 Å². The van der Waals surface area contributed by atoms with E-state index < -0.39 is 29.8 Å². The summed E-state index contributed by atoms with van der Waals surface area (Å²) in [5, 5.41) is 3.65. The maximum Gasteiger partial charge on any atom is 0.317 e. The first-order valence-electron chi connectivity index (χ1n) is 10.0. The molecule has 0 spiro atoms. The highest BCUT2D eigenvalue weighted by Crippen LogP contribution is 2.42. The molecule has 1 N–H and O–H groups in total. The van der Waals surface area contributed by atoms with Crippen LogP contribution >= 0.6 is 23.2 Å². The zero-order chi connectivity index (χ0) is 22.4. The lowest BCUT2D eigenvalue weighted by atomic mass is 9.79. The number of carbonyl (C=O) groups excluding carboxylic acids is 3. The van der Waals surface area contributed by atoms with E-state index in [4.69, 9.17) is 27.9 Å². The summed E-state index contributed by atoms with van der Waals surface area (Å²) in [4.78, 5) is 38.8. The number of hydrogen-bond acceptors (Lipinski definition) is 4. The largest absolute Gasteiger partial charge is 0.455 e. The molecule has 1 aliphatic rings. The van der Waals surface area contributed by atoms with Crippen LogP contribution in [0.5, 0.6) is 0 Å². The van der Waals surface area contributed by atoms with Gasteiger partial charge >= 0.3 is 5.97 Å². The molecular formula is C23H24Cl2N2O4. The molecule has 0 aliphatic heterocycles. The van der Waals surface area contributed by atoms with Gasteiger partial charge in [-0.2, -0.15) is 0 Å². The molecule has 1 saturated carbocycles. The van der Waals surface area contributed by atoms with Gasteiger partial charge in [-0.25, -0.2) is 0 Å². The third-order valence-corrected chi connectivity index (χ3v) is 6.11. The van der Waals surface area contributed by atoms with Crippen molar-refractivity contribution in [2.45, 2.75) is 31.1 Å². The van der Waals surface area contributed by atoms with E-state index in [1.807, 2.05) is 12.1 Å². The molecule has 0 radical (unpaired) electrons. The van der Waals surface area contributed by atoms with Crippen LogP contribution in [0.4, 0.5) is 5.69 Å². The Kier molecular flexibility index (Phi) is 7.57. The van der Waals surface area contributed by atoms with E-state index >= 15 is 0 Å². The van der Waals surface area contributed by atoms with Gasteiger partial charge in [-0.05, 0) is 42.7 Å². The molecule has 2 aromatic carbocycles. The van der Waals surface area contributed by atoms with Crippen LogP contribution in [0.2, 0.25) is 10.0 Å². The molecule has 0 bridgehead atoms. The molecule has 0 heterocycles. The van der Waals surface area contributed by atoms with Crippen molar-refractivity contribution < 1.29 is 19.1 Å². The monoisotopic (exact) mass is 462 g/mol. The first-order chi connectivity index (χ1) is 14.8. The highest BCUT2D eigenvalue weighted by Gasteiger charge is 2.44. The van der Waals surface area contributed by atoms with Crippen LogP contribution in [0, 0.1) is 0 Å². The van der Waals surface area contributed by atoms with Crippen LogP contribution in [0.25, 0.3) is 0 Å². The number of benzene rings is 2. The topological polar surface area (TPSA) is 75.7 Å². The molecule has 0 atom stereocenters. The molecule has 0 aromatic heterocycles. The Hall–Kier alpha value is -2.57. The fourth-order valence-corrected chi connectivity index (χ4v) is 4.10. The minimum Gasteiger partial charge on any atom is -0.455 e. The van der Waals surface area contributed by atoms with Crippen molar-refractivity contribution in [2.75, 3.05) is 25.5 Å². The number of esters is 1. The van der Waals surface area contributed by atoms with Crippen molar-refractivity contribution in [1.29, 1.82) is 0 Å². The second-order valence-corrected chi connectivity index (χ2v) is 8.49. The number of nitrogens with one attached hydrogen (secondary N) is 1. The van der Waals surface area contributed by atoms with Crippen LogP contribution in [-0.2, 0) is 24.5 Å². The normalized spacial score (nSPS) is 14.7. The zero-order valence-electron chi connectivity index (χ0n) is 17.2. The smallest absolute Gasteiger partial charge is 0.317 e. The van der Waals surface area contributed by atoms with Gasteiger partial charge in [0.25, 0.3) is 5.91 Å². The fraction of sp³-hybridized carbons (Fsp3) is 0.348. The molecule has 0 unspecified atom stereocenters. The number of ether oxygens (including phenoxy) is 1. The van der Waals surface area contributed by atoms with Crippen molar-refractivity contribution in [3.63, 3.8) is 0 Å². The van der Waals surface area contributed by atoms with E-state index in [-0.39, 0.29) is 6.54 Å². The Morgan fingerprint density at radius 2 is 1.68 bits per heavy atom. The Morgan fingerprint density at radius 3 is 2.32 bits per heavy atom. The number of hydrogen-bond donors (Lipinski definition) is 1. The van der Waals surface area contributed by atoms with Crippen LogP contribution < -0.4 is 5.32 Å². The van der Waals surface area contributed by atoms with Crippen LogP contribution in [0.1, 0.15) is 31.2 Å². The molecule has 8 heteroatoms. The van der Waals surface area contributed by atoms with E-state index in [2.05, 4.69) is 5.32 Å². The lowest BCUT2D eigenvalue weighted by molar-refractivity contribution is -0.156. The maximum atomic E-state index is 13.0. The maximum absolute atomic E-state index is 13.0. The van der Waals surface area contributed by atoms with Crippen LogP contribution in [0.15, 0.2) is 48.5 Å². The highest BCUT2D eigenvalue weighted by atomic mass is 35.5. The SMILES string of the molecule is CN(CC(=O)Nc1ccccc1Cl)C(=O)COC(=O)C1(c2ccc(Cl)cc2)CCCC1. The Labute approximate surface area is 191 Å². The number of rotatable bonds is 7. The van der Waals surface area contributed by atoms with Gasteiger partial charge in [-0.15, -0.1) is 0 Å². The van der Waals surface area contributed by atoms with Gasteiger partial charge in [0.15, 0.2) is 6.61 Å². The van der Waals surface area contributed by atoms with Crippen LogP contribution in [0.3, 0.4) is 0 Å². The Balaban J connectivity index is 1.56. The van der Waals surface area contributed by atoms with Gasteiger partial charge in [0.2, 0.25) is 5.91 Å². The molecule has 31 heavy (non-hydrogen) atoms. The number of anilines is 1. The number of likely N-dealkylation sites (N-methyl/N-ethyl adjacent to an activating group) is 1. The van der Waals surface area contributed by atoms with Gasteiger partial charge < -0.3 is 15.0 Å². The van der Waals surface area contributed by atoms with E-state index in [0.717, 1.165) is 18.4 Å². The first-order valence-corrected chi connectivity index (χ1v) is 10.8. The number of nitrogens with zero attached hydrogens (tertiary/aromatic N) is 1.